The van der Waals surface area contributed by atoms with Crippen LogP contribution in [0.25, 0.3) is 5.47 Å². The molecule has 48 heavy (non-hydrogen) atoms. The van der Waals surface area contributed by atoms with Gasteiger partial charge in [-0.1, -0.05) is 118 Å². The fraction of sp³-hybridized carbons (Fsp3) is 0.136. The van der Waals surface area contributed by atoms with Crippen molar-refractivity contribution in [1.29, 1.82) is 0 Å². The summed E-state index contributed by atoms with van der Waals surface area (Å²) in [5.74, 6) is 0. The van der Waals surface area contributed by atoms with Gasteiger partial charge in [0, 0.05) is 51.9 Å². The van der Waals surface area contributed by atoms with E-state index in [-0.39, 0.29) is 12.1 Å². The molecule has 1 aliphatic carbocycles. The lowest BCUT2D eigenvalue weighted by Crippen LogP contribution is -2.55. The fourth-order valence-corrected chi connectivity index (χ4v) is 7.75. The molecule has 0 fully saturated rings. The highest BCUT2D eigenvalue weighted by molar-refractivity contribution is 7.03. The minimum absolute atomic E-state index is 0.0737. The van der Waals surface area contributed by atoms with Crippen molar-refractivity contribution < 1.29 is 0 Å². The predicted octanol–water partition coefficient (Wildman–Crippen LogP) is 10.1. The number of benzene rings is 5. The van der Waals surface area contributed by atoms with E-state index in [1.54, 1.807) is 0 Å². The predicted molar refractivity (Wildman–Crippen MR) is 207 cm³/mol. The smallest absolute Gasteiger partial charge is 0.252 e. The molecule has 0 spiro atoms. The molecule has 0 saturated carbocycles. The fourth-order valence-electron chi connectivity index (χ4n) is 7.75. The number of rotatable bonds is 6. The van der Waals surface area contributed by atoms with Crippen LogP contribution in [0.2, 0.25) is 0 Å². The summed E-state index contributed by atoms with van der Waals surface area (Å²) in [5.41, 5.74) is 17.6. The van der Waals surface area contributed by atoms with Gasteiger partial charge in [0.1, 0.15) is 0 Å². The Bertz CT molecular complexity index is 2150. The van der Waals surface area contributed by atoms with E-state index in [1.807, 2.05) is 12.2 Å². The summed E-state index contributed by atoms with van der Waals surface area (Å²) in [6, 6.07) is 42.4. The quantitative estimate of drug-likeness (QED) is 0.150. The maximum Gasteiger partial charge on any atom is 0.252 e. The molecule has 0 aromatic heterocycles. The van der Waals surface area contributed by atoms with E-state index in [2.05, 4.69) is 177 Å². The minimum Gasteiger partial charge on any atom is -0.355 e. The van der Waals surface area contributed by atoms with Gasteiger partial charge < -0.3 is 15.1 Å². The summed E-state index contributed by atoms with van der Waals surface area (Å²) in [6.07, 6.45) is 9.12. The van der Waals surface area contributed by atoms with Gasteiger partial charge in [-0.2, -0.15) is 0 Å². The summed E-state index contributed by atoms with van der Waals surface area (Å²) in [4.78, 5) is 4.99. The molecule has 5 aromatic carbocycles. The average molecular weight is 622 g/mol. The molecule has 0 unspecified atom stereocenters. The van der Waals surface area contributed by atoms with E-state index < -0.39 is 0 Å². The van der Waals surface area contributed by atoms with Crippen molar-refractivity contribution in [1.82, 2.24) is 0 Å². The van der Waals surface area contributed by atoms with Gasteiger partial charge in [0.05, 0.1) is 0 Å². The van der Waals surface area contributed by atoms with E-state index in [0.29, 0.717) is 0 Å². The Balaban J connectivity index is 1.45. The Kier molecular flexibility index (Phi) is 7.25. The lowest BCUT2D eigenvalue weighted by Gasteiger charge is -2.44. The van der Waals surface area contributed by atoms with E-state index in [0.717, 1.165) is 23.5 Å². The maximum atomic E-state index is 3.98. The van der Waals surface area contributed by atoms with E-state index in [1.165, 1.54) is 61.5 Å². The van der Waals surface area contributed by atoms with Crippen LogP contribution in [0.3, 0.4) is 0 Å². The second kappa shape index (κ2) is 11.6. The highest BCUT2D eigenvalue weighted by Gasteiger charge is 2.47. The molecule has 0 radical (unpaired) electrons. The van der Waals surface area contributed by atoms with E-state index in [9.17, 15) is 0 Å². The first-order valence-corrected chi connectivity index (χ1v) is 16.9. The van der Waals surface area contributed by atoms with Crippen molar-refractivity contribution in [2.75, 3.05) is 15.1 Å². The molecule has 0 atom stereocenters. The Morgan fingerprint density at radius 3 is 2.25 bits per heavy atom. The highest BCUT2D eigenvalue weighted by Crippen LogP contribution is 2.50. The molecular formula is C44H40BN3. The maximum absolute atomic E-state index is 3.98. The van der Waals surface area contributed by atoms with Crippen LogP contribution >= 0.6 is 0 Å². The molecule has 0 bridgehead atoms. The molecule has 234 valence electrons. The van der Waals surface area contributed by atoms with Gasteiger partial charge in [-0.15, -0.1) is 0 Å². The third-order valence-electron chi connectivity index (χ3n) is 9.94. The highest BCUT2D eigenvalue weighted by atomic mass is 15.2. The molecule has 0 amide bonds. The van der Waals surface area contributed by atoms with Crippen molar-refractivity contribution in [3.8, 4) is 0 Å². The lowest BCUT2D eigenvalue weighted by molar-refractivity contribution is 0.590. The molecule has 8 rings (SSSR count). The Labute approximate surface area is 285 Å². The van der Waals surface area contributed by atoms with Crippen LogP contribution in [-0.2, 0) is 11.8 Å². The third kappa shape index (κ3) is 4.83. The Hall–Kier alpha value is -5.48. The number of hydrogen-bond donors (Lipinski definition) is 1. The first-order valence-electron chi connectivity index (χ1n) is 16.9. The number of para-hydroxylation sites is 2. The summed E-state index contributed by atoms with van der Waals surface area (Å²) in [5, 5.41) is 3.77. The van der Waals surface area contributed by atoms with E-state index >= 15 is 0 Å². The van der Waals surface area contributed by atoms with Gasteiger partial charge in [-0.25, -0.2) is 0 Å². The van der Waals surface area contributed by atoms with Gasteiger partial charge in [0.15, 0.2) is 0 Å². The second-order valence-corrected chi connectivity index (χ2v) is 13.9. The van der Waals surface area contributed by atoms with Crippen LogP contribution in [-0.4, -0.2) is 6.71 Å². The first kappa shape index (κ1) is 29.9. The normalized spacial score (nSPS) is 14.9. The molecule has 5 aromatic rings. The van der Waals surface area contributed by atoms with Gasteiger partial charge in [0.25, 0.3) is 6.71 Å². The molecule has 3 aliphatic rings. The third-order valence-corrected chi connectivity index (χ3v) is 9.94. The molecule has 0 saturated heterocycles. The first-order chi connectivity index (χ1) is 23.4. The van der Waals surface area contributed by atoms with Crippen LogP contribution in [0.15, 0.2) is 158 Å². The monoisotopic (exact) mass is 621 g/mol. The zero-order valence-electron chi connectivity index (χ0n) is 28.2. The largest absolute Gasteiger partial charge is 0.355 e. The summed E-state index contributed by atoms with van der Waals surface area (Å²) >= 11 is 0. The van der Waals surface area contributed by atoms with Crippen molar-refractivity contribution in [3.05, 3.63) is 174 Å². The second-order valence-electron chi connectivity index (χ2n) is 13.9. The SMILES string of the molecule is C=C/C=C\C(=C/C)N1c2ccccc2B2C3=C(Cc4ccccc43)N(c3ccc(C(C)(C)C)cc3)c3cc(Nc4ccccc4)cc1c32. The van der Waals surface area contributed by atoms with Gasteiger partial charge in [-0.05, 0) is 94.0 Å². The molecule has 3 nitrogen and oxygen atoms in total. The molecule has 2 aliphatic heterocycles. The summed E-state index contributed by atoms with van der Waals surface area (Å²) in [7, 11) is 0. The number of fused-ring (bicyclic) bond motifs is 5. The van der Waals surface area contributed by atoms with Crippen LogP contribution in [0.5, 0.6) is 0 Å². The van der Waals surface area contributed by atoms with Crippen molar-refractivity contribution in [3.63, 3.8) is 0 Å². The standard InChI is InChI=1S/C44H40BN3/c1-6-8-19-34(7-2)47-38-22-15-14-21-37(38)45-42-36-20-13-12-16-30(36)27-39(42)48(35-25-23-31(24-26-35)44(3,4)5)41-29-33(28-40(47)43(41)45)46-32-17-10-9-11-18-32/h6-26,28-29,46H,1,27H2,2-5H3/b19-8-,34-7+. The van der Waals surface area contributed by atoms with Crippen LogP contribution < -0.4 is 26.0 Å². The zero-order chi connectivity index (χ0) is 33.0. The topological polar surface area (TPSA) is 18.5 Å². The Morgan fingerprint density at radius 1 is 0.792 bits per heavy atom. The number of hydrogen-bond acceptors (Lipinski definition) is 3. The zero-order valence-corrected chi connectivity index (χ0v) is 28.2. The summed E-state index contributed by atoms with van der Waals surface area (Å²) < 4.78 is 0. The van der Waals surface area contributed by atoms with Crippen LogP contribution in [0.4, 0.5) is 34.1 Å². The molecule has 4 heteroatoms. The van der Waals surface area contributed by atoms with Crippen molar-refractivity contribution in [2.24, 2.45) is 0 Å². The number of anilines is 6. The number of allylic oxidation sites excluding steroid dienone is 5. The minimum atomic E-state index is 0.0737. The van der Waals surface area contributed by atoms with Crippen LogP contribution in [0, 0.1) is 0 Å². The lowest BCUT2D eigenvalue weighted by atomic mass is 9.32. The number of nitrogens with one attached hydrogen (secondary N) is 1. The molecule has 2 heterocycles. The van der Waals surface area contributed by atoms with E-state index in [4.69, 9.17) is 0 Å². The Morgan fingerprint density at radius 2 is 1.50 bits per heavy atom. The molecule has 1 N–H and O–H groups in total. The molecular weight excluding hydrogens is 581 g/mol. The van der Waals surface area contributed by atoms with Crippen LogP contribution in [0.1, 0.15) is 44.4 Å². The van der Waals surface area contributed by atoms with Gasteiger partial charge in [0.2, 0.25) is 0 Å². The van der Waals surface area contributed by atoms with Gasteiger partial charge in [-0.3, -0.25) is 0 Å². The number of nitrogens with zero attached hydrogens (tertiary/aromatic N) is 2. The average Bonchev–Trinajstić information content (AvgIpc) is 3.48. The van der Waals surface area contributed by atoms with Gasteiger partial charge >= 0.3 is 0 Å². The van der Waals surface area contributed by atoms with Crippen molar-refractivity contribution in [2.45, 2.75) is 39.5 Å². The van der Waals surface area contributed by atoms with Crippen molar-refractivity contribution >= 4 is 57.2 Å². The summed E-state index contributed by atoms with van der Waals surface area (Å²) in [6.45, 7) is 13.0.